The van der Waals surface area contributed by atoms with Gasteiger partial charge in [0, 0.05) is 13.2 Å². The van der Waals surface area contributed by atoms with Gasteiger partial charge in [-0.3, -0.25) is 9.48 Å². The number of nitrogens with two attached hydrogens (primary N) is 1. The van der Waals surface area contributed by atoms with Crippen LogP contribution >= 0.6 is 11.6 Å². The van der Waals surface area contributed by atoms with Crippen LogP contribution in [0.25, 0.3) is 0 Å². The molecule has 2 rings (SSSR count). The lowest BCUT2D eigenvalue weighted by Gasteiger charge is -2.06. The average Bonchev–Trinajstić information content (AvgIpc) is 2.68. The minimum atomic E-state index is -0.310. The lowest BCUT2D eigenvalue weighted by molar-refractivity contribution is 0.102. The number of anilines is 2. The maximum Gasteiger partial charge on any atom is 0.257 e. The highest BCUT2D eigenvalue weighted by atomic mass is 35.5. The normalized spacial score (nSPS) is 10.2. The van der Waals surface area contributed by atoms with Gasteiger partial charge in [0.25, 0.3) is 5.91 Å². The number of nitrogens with zero attached hydrogens (tertiary/aromatic N) is 2. The first kappa shape index (κ1) is 11.5. The number of rotatable bonds is 2. The van der Waals surface area contributed by atoms with Crippen LogP contribution in [0.15, 0.2) is 30.6 Å². The van der Waals surface area contributed by atoms with Gasteiger partial charge < -0.3 is 11.1 Å². The van der Waals surface area contributed by atoms with Crippen molar-refractivity contribution in [2.45, 2.75) is 0 Å². The monoisotopic (exact) mass is 250 g/mol. The number of carbonyl (C=O) groups excluding carboxylic acids is 1. The fourth-order valence-electron chi connectivity index (χ4n) is 1.41. The first-order valence-corrected chi connectivity index (χ1v) is 5.29. The second-order valence-corrected chi connectivity index (χ2v) is 3.94. The summed E-state index contributed by atoms with van der Waals surface area (Å²) in [6.45, 7) is 0. The van der Waals surface area contributed by atoms with Crippen LogP contribution in [0.5, 0.6) is 0 Å². The van der Waals surface area contributed by atoms with E-state index in [-0.39, 0.29) is 10.9 Å². The number of hydrogen-bond donors (Lipinski definition) is 2. The molecule has 0 radical (unpaired) electrons. The summed E-state index contributed by atoms with van der Waals surface area (Å²) in [4.78, 5) is 11.9. The molecular formula is C11H11ClN4O. The van der Waals surface area contributed by atoms with Crippen LogP contribution in [-0.4, -0.2) is 15.7 Å². The molecule has 3 N–H and O–H groups in total. The maximum atomic E-state index is 11.9. The van der Waals surface area contributed by atoms with Gasteiger partial charge in [0.2, 0.25) is 0 Å². The molecule has 6 heteroatoms. The number of aryl methyl sites for hydroxylation is 1. The summed E-state index contributed by atoms with van der Waals surface area (Å²) in [7, 11) is 1.77. The summed E-state index contributed by atoms with van der Waals surface area (Å²) in [6, 6.07) is 4.94. The van der Waals surface area contributed by atoms with Crippen molar-refractivity contribution in [1.29, 1.82) is 0 Å². The molecule has 0 saturated heterocycles. The SMILES string of the molecule is Cn1cc(NC(=O)c2cccc(N)c2Cl)cn1. The molecule has 88 valence electrons. The first-order chi connectivity index (χ1) is 8.08. The van der Waals surface area contributed by atoms with Gasteiger partial charge in [-0.2, -0.15) is 5.10 Å². The van der Waals surface area contributed by atoms with E-state index >= 15 is 0 Å². The van der Waals surface area contributed by atoms with Crippen LogP contribution in [0.3, 0.4) is 0 Å². The summed E-state index contributed by atoms with van der Waals surface area (Å²) in [5.41, 5.74) is 6.96. The van der Waals surface area contributed by atoms with Crippen LogP contribution in [0.2, 0.25) is 5.02 Å². The Morgan fingerprint density at radius 1 is 1.53 bits per heavy atom. The fourth-order valence-corrected chi connectivity index (χ4v) is 1.62. The molecule has 0 saturated carbocycles. The molecule has 5 nitrogen and oxygen atoms in total. The Kier molecular flexibility index (Phi) is 3.01. The zero-order chi connectivity index (χ0) is 12.4. The number of aromatic nitrogens is 2. The molecule has 0 spiro atoms. The molecule has 1 aromatic heterocycles. The standard InChI is InChI=1S/C11H11ClN4O/c1-16-6-7(5-14-16)15-11(17)8-3-2-4-9(13)10(8)12/h2-6H,13H2,1H3,(H,15,17). The van der Waals surface area contributed by atoms with Gasteiger partial charge in [0.15, 0.2) is 0 Å². The third kappa shape index (κ3) is 2.39. The molecule has 0 bridgehead atoms. The second-order valence-electron chi connectivity index (χ2n) is 3.57. The van der Waals surface area contributed by atoms with Gasteiger partial charge in [-0.15, -0.1) is 0 Å². The Morgan fingerprint density at radius 3 is 2.94 bits per heavy atom. The van der Waals surface area contributed by atoms with Gasteiger partial charge in [-0.1, -0.05) is 17.7 Å². The van der Waals surface area contributed by atoms with Crippen molar-refractivity contribution in [2.75, 3.05) is 11.1 Å². The Morgan fingerprint density at radius 2 is 2.29 bits per heavy atom. The Balaban J connectivity index is 2.23. The molecule has 0 fully saturated rings. The maximum absolute atomic E-state index is 11.9. The Bertz CT molecular complexity index is 564. The molecule has 2 aromatic rings. The zero-order valence-corrected chi connectivity index (χ0v) is 9.90. The molecule has 1 amide bonds. The molecule has 0 aliphatic carbocycles. The van der Waals surface area contributed by atoms with E-state index in [1.165, 1.54) is 0 Å². The molecule has 0 atom stereocenters. The Labute approximate surface area is 103 Å². The number of halogens is 1. The molecule has 17 heavy (non-hydrogen) atoms. The largest absolute Gasteiger partial charge is 0.398 e. The summed E-state index contributed by atoms with van der Waals surface area (Å²) in [6.07, 6.45) is 3.25. The van der Waals surface area contributed by atoms with Crippen molar-refractivity contribution < 1.29 is 4.79 Å². The van der Waals surface area contributed by atoms with Gasteiger partial charge in [0.05, 0.1) is 28.2 Å². The number of amides is 1. The highest BCUT2D eigenvalue weighted by molar-refractivity contribution is 6.36. The predicted octanol–water partition coefficient (Wildman–Crippen LogP) is 1.91. The smallest absolute Gasteiger partial charge is 0.257 e. The van der Waals surface area contributed by atoms with Gasteiger partial charge in [-0.25, -0.2) is 0 Å². The van der Waals surface area contributed by atoms with Crippen molar-refractivity contribution in [3.05, 3.63) is 41.2 Å². The summed E-state index contributed by atoms with van der Waals surface area (Å²) in [5, 5.41) is 6.89. The van der Waals surface area contributed by atoms with E-state index < -0.39 is 0 Å². The zero-order valence-electron chi connectivity index (χ0n) is 9.14. The molecule has 0 aliphatic heterocycles. The van der Waals surface area contributed by atoms with Crippen LogP contribution in [-0.2, 0) is 7.05 Å². The number of benzene rings is 1. The third-order valence-corrected chi connectivity index (χ3v) is 2.66. The van der Waals surface area contributed by atoms with E-state index in [0.29, 0.717) is 16.9 Å². The third-order valence-electron chi connectivity index (χ3n) is 2.24. The molecule has 0 aliphatic rings. The first-order valence-electron chi connectivity index (χ1n) is 4.92. The predicted molar refractivity (Wildman–Crippen MR) is 67.0 cm³/mol. The Hall–Kier alpha value is -2.01. The number of nitrogen functional groups attached to an aromatic ring is 1. The van der Waals surface area contributed by atoms with Crippen LogP contribution in [0, 0.1) is 0 Å². The number of carbonyl (C=O) groups is 1. The highest BCUT2D eigenvalue weighted by Gasteiger charge is 2.12. The van der Waals surface area contributed by atoms with Gasteiger partial charge >= 0.3 is 0 Å². The van der Waals surface area contributed by atoms with E-state index in [2.05, 4.69) is 10.4 Å². The summed E-state index contributed by atoms with van der Waals surface area (Å²) in [5.74, 6) is -0.310. The van der Waals surface area contributed by atoms with Crippen LogP contribution in [0.4, 0.5) is 11.4 Å². The lowest BCUT2D eigenvalue weighted by Crippen LogP contribution is -2.12. The van der Waals surface area contributed by atoms with Crippen LogP contribution < -0.4 is 11.1 Å². The van der Waals surface area contributed by atoms with Crippen molar-refractivity contribution in [2.24, 2.45) is 7.05 Å². The van der Waals surface area contributed by atoms with E-state index in [4.69, 9.17) is 17.3 Å². The van der Waals surface area contributed by atoms with Crippen molar-refractivity contribution in [3.8, 4) is 0 Å². The van der Waals surface area contributed by atoms with E-state index in [1.807, 2.05) is 0 Å². The second kappa shape index (κ2) is 4.47. The number of nitrogens with one attached hydrogen (secondary N) is 1. The van der Waals surface area contributed by atoms with E-state index in [0.717, 1.165) is 0 Å². The van der Waals surface area contributed by atoms with Crippen molar-refractivity contribution in [3.63, 3.8) is 0 Å². The van der Waals surface area contributed by atoms with Crippen molar-refractivity contribution in [1.82, 2.24) is 9.78 Å². The molecule has 0 unspecified atom stereocenters. The summed E-state index contributed by atoms with van der Waals surface area (Å²) < 4.78 is 1.59. The molecule has 1 heterocycles. The van der Waals surface area contributed by atoms with E-state index in [1.54, 1.807) is 42.3 Å². The minimum absolute atomic E-state index is 0.258. The van der Waals surface area contributed by atoms with Crippen LogP contribution in [0.1, 0.15) is 10.4 Å². The lowest BCUT2D eigenvalue weighted by atomic mass is 10.2. The summed E-state index contributed by atoms with van der Waals surface area (Å²) >= 11 is 5.95. The van der Waals surface area contributed by atoms with Gasteiger partial charge in [-0.05, 0) is 12.1 Å². The minimum Gasteiger partial charge on any atom is -0.398 e. The fraction of sp³-hybridized carbons (Fsp3) is 0.0909. The van der Waals surface area contributed by atoms with Crippen molar-refractivity contribution >= 4 is 28.9 Å². The average molecular weight is 251 g/mol. The molecular weight excluding hydrogens is 240 g/mol. The number of hydrogen-bond acceptors (Lipinski definition) is 3. The molecule has 1 aromatic carbocycles. The quantitative estimate of drug-likeness (QED) is 0.800. The topological polar surface area (TPSA) is 72.9 Å². The van der Waals surface area contributed by atoms with E-state index in [9.17, 15) is 4.79 Å². The van der Waals surface area contributed by atoms with Gasteiger partial charge in [0.1, 0.15) is 0 Å². The highest BCUT2D eigenvalue weighted by Crippen LogP contribution is 2.23.